The molecule has 1 saturated heterocycles. The maximum atomic E-state index is 13.0. The predicted molar refractivity (Wildman–Crippen MR) is 107 cm³/mol. The number of carbonyl (C=O) groups is 2. The first kappa shape index (κ1) is 18.5. The number of aromatic nitrogens is 2. The molecule has 3 aromatic rings. The van der Waals surface area contributed by atoms with Crippen LogP contribution in [0.2, 0.25) is 0 Å². The van der Waals surface area contributed by atoms with Crippen molar-refractivity contribution in [1.29, 1.82) is 0 Å². The second kappa shape index (κ2) is 7.67. The van der Waals surface area contributed by atoms with Crippen molar-refractivity contribution < 1.29 is 19.4 Å². The molecule has 8 nitrogen and oxygen atoms in total. The Balaban J connectivity index is 1.57. The number of aromatic amines is 1. The Hall–Kier alpha value is -3.81. The molecule has 29 heavy (non-hydrogen) atoms. The summed E-state index contributed by atoms with van der Waals surface area (Å²) in [5.74, 6) is -0.532. The zero-order valence-corrected chi connectivity index (χ0v) is 15.8. The molecule has 0 radical (unpaired) electrons. The fourth-order valence-electron chi connectivity index (χ4n) is 3.54. The fraction of sp³-hybridized carbons (Fsp3) is 0.190. The molecule has 1 atom stereocenters. The monoisotopic (exact) mass is 392 g/mol. The van der Waals surface area contributed by atoms with Gasteiger partial charge in [-0.15, -0.1) is 0 Å². The number of nitrogens with zero attached hydrogens (tertiary/aromatic N) is 3. The van der Waals surface area contributed by atoms with Crippen LogP contribution in [0.3, 0.4) is 0 Å². The van der Waals surface area contributed by atoms with Crippen LogP contribution in [-0.2, 0) is 4.79 Å². The summed E-state index contributed by atoms with van der Waals surface area (Å²) in [4.78, 5) is 28.0. The molecule has 0 bridgehead atoms. The summed E-state index contributed by atoms with van der Waals surface area (Å²) in [6, 6.07) is 12.9. The molecule has 4 rings (SSSR count). The summed E-state index contributed by atoms with van der Waals surface area (Å²) in [7, 11) is 1.52. The highest BCUT2D eigenvalue weighted by Gasteiger charge is 2.39. The molecule has 2 heterocycles. The van der Waals surface area contributed by atoms with Gasteiger partial charge >= 0.3 is 12.0 Å². The van der Waals surface area contributed by atoms with E-state index in [-0.39, 0.29) is 6.03 Å². The molecule has 2 aromatic carbocycles. The average Bonchev–Trinajstić information content (AvgIpc) is 3.39. The number of carboxylic acid groups (broad SMARTS) is 1. The average molecular weight is 392 g/mol. The summed E-state index contributed by atoms with van der Waals surface area (Å²) in [5, 5.41) is 16.5. The molecule has 1 fully saturated rings. The standard InChI is InChI=1S/C21H20N4O4/c1-29-18-4-2-3-15(11-18)19(20(26)27)25-10-9-24(21(25)28)17-7-5-14(6-8-17)16-12-22-23-13-16/h2-8,11-13,19H,9-10H2,1H3,(H,22,23)(H,26,27). The molecule has 1 aromatic heterocycles. The highest BCUT2D eigenvalue weighted by atomic mass is 16.5. The smallest absolute Gasteiger partial charge is 0.331 e. The van der Waals surface area contributed by atoms with E-state index in [1.165, 1.54) is 12.0 Å². The van der Waals surface area contributed by atoms with Gasteiger partial charge in [-0.2, -0.15) is 5.10 Å². The van der Waals surface area contributed by atoms with Crippen molar-refractivity contribution in [3.05, 3.63) is 66.5 Å². The number of carboxylic acids is 1. The van der Waals surface area contributed by atoms with Crippen LogP contribution in [0.1, 0.15) is 11.6 Å². The molecule has 0 aliphatic carbocycles. The summed E-state index contributed by atoms with van der Waals surface area (Å²) in [5.41, 5.74) is 3.16. The first-order valence-electron chi connectivity index (χ1n) is 9.12. The maximum absolute atomic E-state index is 13.0. The first-order chi connectivity index (χ1) is 14.1. The summed E-state index contributed by atoms with van der Waals surface area (Å²) in [6.45, 7) is 0.730. The van der Waals surface area contributed by atoms with Gasteiger partial charge in [0.2, 0.25) is 0 Å². The van der Waals surface area contributed by atoms with Gasteiger partial charge in [0, 0.05) is 30.5 Å². The van der Waals surface area contributed by atoms with Crippen LogP contribution in [0.25, 0.3) is 11.1 Å². The summed E-state index contributed by atoms with van der Waals surface area (Å²) < 4.78 is 5.19. The molecule has 1 aliphatic rings. The lowest BCUT2D eigenvalue weighted by Gasteiger charge is -2.25. The first-order valence-corrected chi connectivity index (χ1v) is 9.12. The van der Waals surface area contributed by atoms with E-state index in [2.05, 4.69) is 10.2 Å². The number of urea groups is 1. The Morgan fingerprint density at radius 2 is 1.97 bits per heavy atom. The van der Waals surface area contributed by atoms with Gasteiger partial charge in [-0.1, -0.05) is 24.3 Å². The largest absolute Gasteiger partial charge is 0.497 e. The molecule has 148 valence electrons. The van der Waals surface area contributed by atoms with Crippen molar-refractivity contribution in [2.24, 2.45) is 0 Å². The number of ether oxygens (including phenoxy) is 1. The van der Waals surface area contributed by atoms with E-state index in [4.69, 9.17) is 4.74 Å². The van der Waals surface area contributed by atoms with Crippen LogP contribution in [0.5, 0.6) is 5.75 Å². The lowest BCUT2D eigenvalue weighted by Crippen LogP contribution is -2.38. The Morgan fingerprint density at radius 1 is 1.17 bits per heavy atom. The van der Waals surface area contributed by atoms with Crippen molar-refractivity contribution in [3.63, 3.8) is 0 Å². The normalized spacial score (nSPS) is 14.9. The van der Waals surface area contributed by atoms with E-state index < -0.39 is 12.0 Å². The van der Waals surface area contributed by atoms with E-state index >= 15 is 0 Å². The van der Waals surface area contributed by atoms with Gasteiger partial charge in [0.05, 0.1) is 13.3 Å². The van der Waals surface area contributed by atoms with Gasteiger partial charge in [-0.25, -0.2) is 9.59 Å². The molecule has 0 spiro atoms. The Morgan fingerprint density at radius 3 is 2.62 bits per heavy atom. The summed E-state index contributed by atoms with van der Waals surface area (Å²) >= 11 is 0. The molecule has 1 aliphatic heterocycles. The van der Waals surface area contributed by atoms with E-state index in [0.29, 0.717) is 24.4 Å². The van der Waals surface area contributed by atoms with Crippen LogP contribution < -0.4 is 9.64 Å². The molecule has 0 saturated carbocycles. The second-order valence-corrected chi connectivity index (χ2v) is 6.68. The number of nitrogens with one attached hydrogen (secondary N) is 1. The molecule has 2 amide bonds. The number of benzene rings is 2. The number of anilines is 1. The minimum Gasteiger partial charge on any atom is -0.497 e. The van der Waals surface area contributed by atoms with E-state index in [0.717, 1.165) is 16.8 Å². The minimum absolute atomic E-state index is 0.316. The number of carbonyl (C=O) groups excluding carboxylic acids is 1. The number of H-pyrrole nitrogens is 1. The summed E-state index contributed by atoms with van der Waals surface area (Å²) in [6.07, 6.45) is 3.52. The van der Waals surface area contributed by atoms with Gasteiger partial charge in [0.1, 0.15) is 5.75 Å². The van der Waals surface area contributed by atoms with Crippen molar-refractivity contribution >= 4 is 17.7 Å². The third kappa shape index (κ3) is 3.52. The minimum atomic E-state index is -1.08. The Bertz CT molecular complexity index is 1020. The van der Waals surface area contributed by atoms with Gasteiger partial charge in [-0.05, 0) is 35.4 Å². The van der Waals surface area contributed by atoms with Crippen LogP contribution in [0.4, 0.5) is 10.5 Å². The predicted octanol–water partition coefficient (Wildman–Crippen LogP) is 3.15. The van der Waals surface area contributed by atoms with Crippen molar-refractivity contribution in [3.8, 4) is 16.9 Å². The number of hydrogen-bond acceptors (Lipinski definition) is 4. The number of hydrogen-bond donors (Lipinski definition) is 2. The second-order valence-electron chi connectivity index (χ2n) is 6.68. The van der Waals surface area contributed by atoms with Crippen molar-refractivity contribution in [2.75, 3.05) is 25.1 Å². The lowest BCUT2D eigenvalue weighted by molar-refractivity contribution is -0.142. The maximum Gasteiger partial charge on any atom is 0.331 e. The molecule has 8 heteroatoms. The van der Waals surface area contributed by atoms with Crippen molar-refractivity contribution in [1.82, 2.24) is 15.1 Å². The Labute approximate surface area is 167 Å². The molecular formula is C21H20N4O4. The van der Waals surface area contributed by atoms with Crippen LogP contribution >= 0.6 is 0 Å². The van der Waals surface area contributed by atoms with Gasteiger partial charge < -0.3 is 14.7 Å². The lowest BCUT2D eigenvalue weighted by atomic mass is 10.1. The molecule has 1 unspecified atom stereocenters. The third-order valence-corrected chi connectivity index (χ3v) is 5.01. The number of rotatable bonds is 6. The molecule has 2 N–H and O–H groups in total. The zero-order valence-electron chi connectivity index (χ0n) is 15.8. The Kier molecular flexibility index (Phi) is 4.90. The highest BCUT2D eigenvalue weighted by Crippen LogP contribution is 2.31. The zero-order chi connectivity index (χ0) is 20.4. The van der Waals surface area contributed by atoms with Gasteiger partial charge in [0.15, 0.2) is 6.04 Å². The van der Waals surface area contributed by atoms with Gasteiger partial charge in [-0.3, -0.25) is 10.00 Å². The number of methoxy groups -OCH3 is 1. The van der Waals surface area contributed by atoms with Crippen LogP contribution in [0, 0.1) is 0 Å². The van der Waals surface area contributed by atoms with E-state index in [9.17, 15) is 14.7 Å². The van der Waals surface area contributed by atoms with E-state index in [1.54, 1.807) is 41.6 Å². The number of amides is 2. The van der Waals surface area contributed by atoms with E-state index in [1.807, 2.05) is 24.3 Å². The highest BCUT2D eigenvalue weighted by molar-refractivity contribution is 5.97. The SMILES string of the molecule is COc1cccc(C(C(=O)O)N2CCN(c3ccc(-c4cn[nH]c4)cc3)C2=O)c1. The number of aliphatic carboxylic acids is 1. The van der Waals surface area contributed by atoms with Crippen molar-refractivity contribution in [2.45, 2.75) is 6.04 Å². The quantitative estimate of drug-likeness (QED) is 0.671. The fourth-order valence-corrected chi connectivity index (χ4v) is 3.54. The van der Waals surface area contributed by atoms with Crippen LogP contribution in [0.15, 0.2) is 60.9 Å². The van der Waals surface area contributed by atoms with Crippen LogP contribution in [-0.4, -0.2) is 52.4 Å². The van der Waals surface area contributed by atoms with Gasteiger partial charge in [0.25, 0.3) is 0 Å². The molecular weight excluding hydrogens is 372 g/mol. The topological polar surface area (TPSA) is 98.8 Å². The third-order valence-electron chi connectivity index (χ3n) is 5.01.